The number of ketones is 1. The summed E-state index contributed by atoms with van der Waals surface area (Å²) in [6.45, 7) is 4.18. The van der Waals surface area contributed by atoms with Gasteiger partial charge in [0.2, 0.25) is 0 Å². The minimum Gasteiger partial charge on any atom is -0.396 e. The number of aliphatic hydroxyl groups is 3. The summed E-state index contributed by atoms with van der Waals surface area (Å²) in [5.41, 5.74) is 1.77. The zero-order valence-corrected chi connectivity index (χ0v) is 16.7. The standard InChI is InChI=1S/C23H34O4/c1-22-8-7-17-14-3-4-16(25)12-15(11-14)20(26)13-18(17)19(22)5-6-21(22)23(2,27)9-10-24/h3,13,15-17,19,21,24-25,27H,4-12H2,1-2H3/t15-,16-,17+,19-,21-,22-,23-/m0/s1. The molecule has 0 aromatic rings. The number of carbonyl (C=O) groups is 1. The molecule has 2 fully saturated rings. The molecule has 0 aromatic carbocycles. The third-order valence-electron chi connectivity index (χ3n) is 8.33. The molecule has 7 atom stereocenters. The highest BCUT2D eigenvalue weighted by Crippen LogP contribution is 2.63. The number of fused-ring (bicyclic) bond motifs is 6. The molecule has 2 bridgehead atoms. The molecule has 4 rings (SSSR count). The van der Waals surface area contributed by atoms with E-state index in [9.17, 15) is 20.1 Å². The molecule has 0 aromatic heterocycles. The summed E-state index contributed by atoms with van der Waals surface area (Å²) < 4.78 is 0. The predicted octanol–water partition coefficient (Wildman–Crippen LogP) is 3.16. The topological polar surface area (TPSA) is 77.8 Å². The first-order valence-electron chi connectivity index (χ1n) is 10.7. The zero-order valence-electron chi connectivity index (χ0n) is 16.7. The quantitative estimate of drug-likeness (QED) is 0.663. The van der Waals surface area contributed by atoms with Crippen molar-refractivity contribution in [3.63, 3.8) is 0 Å². The molecule has 0 heterocycles. The maximum Gasteiger partial charge on any atom is 0.159 e. The molecular formula is C23H34O4. The van der Waals surface area contributed by atoms with E-state index < -0.39 is 11.7 Å². The second kappa shape index (κ2) is 6.82. The van der Waals surface area contributed by atoms with Gasteiger partial charge in [-0.2, -0.15) is 0 Å². The largest absolute Gasteiger partial charge is 0.396 e. The van der Waals surface area contributed by atoms with Gasteiger partial charge >= 0.3 is 0 Å². The van der Waals surface area contributed by atoms with Crippen LogP contribution in [-0.2, 0) is 4.79 Å². The SMILES string of the molecule is C[C@]12CC[C@@H]3C4=CC[C@H](O)C[C@H](C4)C(=O)C=C3[C@@H]1CC[C@@H]2[C@@](C)(O)CCO. The summed E-state index contributed by atoms with van der Waals surface area (Å²) in [5, 5.41) is 30.6. The maximum atomic E-state index is 13.0. The summed E-state index contributed by atoms with van der Waals surface area (Å²) in [4.78, 5) is 13.0. The number of hydrogen-bond donors (Lipinski definition) is 3. The molecule has 4 heteroatoms. The lowest BCUT2D eigenvalue weighted by molar-refractivity contribution is -0.119. The van der Waals surface area contributed by atoms with Gasteiger partial charge < -0.3 is 15.3 Å². The summed E-state index contributed by atoms with van der Waals surface area (Å²) in [6, 6.07) is 0. The monoisotopic (exact) mass is 374 g/mol. The molecule has 27 heavy (non-hydrogen) atoms. The van der Waals surface area contributed by atoms with Crippen molar-refractivity contribution in [1.29, 1.82) is 0 Å². The van der Waals surface area contributed by atoms with E-state index in [0.29, 0.717) is 31.1 Å². The van der Waals surface area contributed by atoms with Crippen molar-refractivity contribution in [1.82, 2.24) is 0 Å². The maximum absolute atomic E-state index is 13.0. The number of allylic oxidation sites excluding steroid dienone is 3. The van der Waals surface area contributed by atoms with Gasteiger partial charge in [-0.1, -0.05) is 24.1 Å². The molecule has 0 unspecified atom stereocenters. The molecule has 3 N–H and O–H groups in total. The Morgan fingerprint density at radius 1 is 1.30 bits per heavy atom. The fourth-order valence-corrected chi connectivity index (χ4v) is 6.97. The van der Waals surface area contributed by atoms with Crippen molar-refractivity contribution in [2.75, 3.05) is 6.61 Å². The number of hydrogen-bond acceptors (Lipinski definition) is 4. The Kier molecular flexibility index (Phi) is 4.89. The van der Waals surface area contributed by atoms with Crippen LogP contribution in [0, 0.1) is 29.1 Å². The fourth-order valence-electron chi connectivity index (χ4n) is 6.97. The molecule has 2 saturated carbocycles. The molecule has 4 aliphatic carbocycles. The van der Waals surface area contributed by atoms with Crippen molar-refractivity contribution in [2.24, 2.45) is 29.1 Å². The number of aliphatic hydroxyl groups excluding tert-OH is 2. The highest BCUT2D eigenvalue weighted by molar-refractivity contribution is 5.93. The van der Waals surface area contributed by atoms with E-state index in [2.05, 4.69) is 13.0 Å². The lowest BCUT2D eigenvalue weighted by atomic mass is 9.56. The minimum absolute atomic E-state index is 0.00491. The smallest absolute Gasteiger partial charge is 0.159 e. The first kappa shape index (κ1) is 19.4. The minimum atomic E-state index is -0.864. The third-order valence-corrected chi connectivity index (χ3v) is 8.33. The van der Waals surface area contributed by atoms with E-state index in [0.717, 1.165) is 32.1 Å². The number of carbonyl (C=O) groups excluding carboxylic acids is 1. The molecule has 0 amide bonds. The van der Waals surface area contributed by atoms with Crippen LogP contribution in [0.5, 0.6) is 0 Å². The molecule has 0 saturated heterocycles. The molecule has 4 aliphatic rings. The molecule has 0 spiro atoms. The molecule has 0 radical (unpaired) electrons. The zero-order chi connectivity index (χ0) is 19.4. The van der Waals surface area contributed by atoms with Crippen LogP contribution in [0.15, 0.2) is 23.3 Å². The second-order valence-corrected chi connectivity index (χ2v) is 9.96. The summed E-state index contributed by atoms with van der Waals surface area (Å²) in [6.07, 6.45) is 10.2. The van der Waals surface area contributed by atoms with Gasteiger partial charge in [-0.05, 0) is 81.6 Å². The first-order chi connectivity index (χ1) is 12.8. The molecule has 4 nitrogen and oxygen atoms in total. The van der Waals surface area contributed by atoms with Crippen LogP contribution in [0.1, 0.15) is 65.2 Å². The predicted molar refractivity (Wildman–Crippen MR) is 104 cm³/mol. The van der Waals surface area contributed by atoms with E-state index in [4.69, 9.17) is 0 Å². The Hall–Kier alpha value is -0.970. The van der Waals surface area contributed by atoms with Gasteiger partial charge in [0.1, 0.15) is 0 Å². The Bertz CT molecular complexity index is 676. The van der Waals surface area contributed by atoms with Crippen LogP contribution < -0.4 is 0 Å². The van der Waals surface area contributed by atoms with E-state index in [1.165, 1.54) is 11.1 Å². The van der Waals surface area contributed by atoms with Crippen molar-refractivity contribution < 1.29 is 20.1 Å². The van der Waals surface area contributed by atoms with Crippen LogP contribution in [0.25, 0.3) is 0 Å². The normalized spacial score (nSPS) is 43.6. The molecular weight excluding hydrogens is 340 g/mol. The van der Waals surface area contributed by atoms with E-state index in [1.54, 1.807) is 0 Å². The van der Waals surface area contributed by atoms with Gasteiger partial charge in [0, 0.05) is 18.4 Å². The lowest BCUT2D eigenvalue weighted by Gasteiger charge is -2.49. The average molecular weight is 375 g/mol. The van der Waals surface area contributed by atoms with Crippen LogP contribution in [0.2, 0.25) is 0 Å². The molecule has 150 valence electrons. The first-order valence-corrected chi connectivity index (χ1v) is 10.7. The van der Waals surface area contributed by atoms with Crippen molar-refractivity contribution in [3.05, 3.63) is 23.3 Å². The Balaban J connectivity index is 1.69. The summed E-state index contributed by atoms with van der Waals surface area (Å²) in [5.74, 6) is 0.938. The summed E-state index contributed by atoms with van der Waals surface area (Å²) in [7, 11) is 0. The highest BCUT2D eigenvalue weighted by Gasteiger charge is 2.57. The average Bonchev–Trinajstić information content (AvgIpc) is 2.76. The van der Waals surface area contributed by atoms with Crippen LogP contribution in [0.4, 0.5) is 0 Å². The van der Waals surface area contributed by atoms with Crippen molar-refractivity contribution in [2.45, 2.75) is 76.9 Å². The van der Waals surface area contributed by atoms with Crippen LogP contribution >= 0.6 is 0 Å². The fraction of sp³-hybridized carbons (Fsp3) is 0.783. The van der Waals surface area contributed by atoms with Crippen molar-refractivity contribution in [3.8, 4) is 0 Å². The Morgan fingerprint density at radius 2 is 2.07 bits per heavy atom. The van der Waals surface area contributed by atoms with Crippen LogP contribution in [-0.4, -0.2) is 39.4 Å². The van der Waals surface area contributed by atoms with Crippen molar-refractivity contribution >= 4 is 5.78 Å². The Morgan fingerprint density at radius 3 is 2.81 bits per heavy atom. The van der Waals surface area contributed by atoms with Gasteiger partial charge in [-0.15, -0.1) is 0 Å². The van der Waals surface area contributed by atoms with E-state index in [1.807, 2.05) is 13.0 Å². The van der Waals surface area contributed by atoms with Gasteiger partial charge in [0.15, 0.2) is 5.78 Å². The van der Waals surface area contributed by atoms with Gasteiger partial charge in [-0.3, -0.25) is 4.79 Å². The Labute approximate surface area is 162 Å². The van der Waals surface area contributed by atoms with E-state index in [-0.39, 0.29) is 29.6 Å². The second-order valence-electron chi connectivity index (χ2n) is 9.96. The van der Waals surface area contributed by atoms with Crippen LogP contribution in [0.3, 0.4) is 0 Å². The van der Waals surface area contributed by atoms with Gasteiger partial charge in [0.25, 0.3) is 0 Å². The number of rotatable bonds is 3. The highest BCUT2D eigenvalue weighted by atomic mass is 16.3. The molecule has 0 aliphatic heterocycles. The summed E-state index contributed by atoms with van der Waals surface area (Å²) >= 11 is 0. The third kappa shape index (κ3) is 3.14. The van der Waals surface area contributed by atoms with E-state index >= 15 is 0 Å². The van der Waals surface area contributed by atoms with Gasteiger partial charge in [-0.25, -0.2) is 0 Å². The van der Waals surface area contributed by atoms with Gasteiger partial charge in [0.05, 0.1) is 11.7 Å². The lowest BCUT2D eigenvalue weighted by Crippen LogP contribution is -2.47.